The fraction of sp³-hybridized carbons (Fsp3) is 0.538. The maximum atomic E-state index is 8.65. The van der Waals surface area contributed by atoms with E-state index < -0.39 is 0 Å². The lowest BCUT2D eigenvalue weighted by atomic mass is 10.3. The molecule has 17 heavy (non-hydrogen) atoms. The van der Waals surface area contributed by atoms with E-state index in [1.807, 2.05) is 17.8 Å². The van der Waals surface area contributed by atoms with Crippen LogP contribution in [0, 0.1) is 11.8 Å². The summed E-state index contributed by atoms with van der Waals surface area (Å²) in [5, 5.41) is 8.65. The summed E-state index contributed by atoms with van der Waals surface area (Å²) in [4.78, 5) is 4.95. The van der Waals surface area contributed by atoms with E-state index in [2.05, 4.69) is 29.7 Å². The van der Waals surface area contributed by atoms with Crippen LogP contribution in [0.5, 0.6) is 0 Å². The van der Waals surface area contributed by atoms with Gasteiger partial charge in [-0.05, 0) is 19.1 Å². The van der Waals surface area contributed by atoms with Crippen LogP contribution < -0.4 is 0 Å². The molecule has 0 amide bonds. The van der Waals surface area contributed by atoms with Crippen LogP contribution in [0.4, 0.5) is 0 Å². The topological polar surface area (TPSA) is 23.5 Å². The van der Waals surface area contributed by atoms with Gasteiger partial charge in [-0.15, -0.1) is 11.3 Å². The zero-order chi connectivity index (χ0) is 12.1. The highest BCUT2D eigenvalue weighted by Gasteiger charge is 2.18. The van der Waals surface area contributed by atoms with E-state index in [4.69, 9.17) is 5.11 Å². The van der Waals surface area contributed by atoms with Crippen molar-refractivity contribution in [1.82, 2.24) is 4.90 Å². The van der Waals surface area contributed by atoms with Crippen molar-refractivity contribution in [3.8, 4) is 11.8 Å². The van der Waals surface area contributed by atoms with Crippen molar-refractivity contribution >= 4 is 23.1 Å². The lowest BCUT2D eigenvalue weighted by Crippen LogP contribution is -2.39. The standard InChI is InChI=1S/C13H17NOS2/c1-11-10-16-8-6-14(11)9-13-5-4-12(17-13)3-2-7-15/h4-5,11,15H,6-10H2,1H3. The molecule has 0 aromatic carbocycles. The molecular formula is C13H17NOS2. The van der Waals surface area contributed by atoms with Crippen molar-refractivity contribution in [1.29, 1.82) is 0 Å². The molecule has 1 fully saturated rings. The SMILES string of the molecule is CC1CSCCN1Cc1ccc(C#CCO)s1. The van der Waals surface area contributed by atoms with Crippen LogP contribution in [0.2, 0.25) is 0 Å². The van der Waals surface area contributed by atoms with Gasteiger partial charge in [0.1, 0.15) is 6.61 Å². The normalized spacial score (nSPS) is 20.9. The zero-order valence-electron chi connectivity index (χ0n) is 9.98. The Labute approximate surface area is 111 Å². The molecule has 4 heteroatoms. The third kappa shape index (κ3) is 3.75. The summed E-state index contributed by atoms with van der Waals surface area (Å²) in [5.74, 6) is 8.13. The number of thioether (sulfide) groups is 1. The summed E-state index contributed by atoms with van der Waals surface area (Å²) in [6, 6.07) is 4.87. The minimum atomic E-state index is -0.0619. The van der Waals surface area contributed by atoms with Crippen LogP contribution in [0.3, 0.4) is 0 Å². The van der Waals surface area contributed by atoms with Crippen molar-refractivity contribution in [2.75, 3.05) is 24.7 Å². The number of thiophene rings is 1. The Morgan fingerprint density at radius 2 is 2.41 bits per heavy atom. The van der Waals surface area contributed by atoms with Gasteiger partial charge in [-0.3, -0.25) is 4.90 Å². The monoisotopic (exact) mass is 267 g/mol. The molecule has 1 N–H and O–H groups in total. The third-order valence-electron chi connectivity index (χ3n) is 2.82. The smallest absolute Gasteiger partial charge is 0.104 e. The molecule has 2 rings (SSSR count). The molecule has 2 heterocycles. The van der Waals surface area contributed by atoms with Crippen LogP contribution in [0.25, 0.3) is 0 Å². The Balaban J connectivity index is 1.96. The predicted molar refractivity (Wildman–Crippen MR) is 75.5 cm³/mol. The van der Waals surface area contributed by atoms with Crippen LogP contribution in [-0.2, 0) is 6.54 Å². The van der Waals surface area contributed by atoms with Crippen molar-refractivity contribution in [3.63, 3.8) is 0 Å². The van der Waals surface area contributed by atoms with Gasteiger partial charge in [0.05, 0.1) is 4.88 Å². The minimum absolute atomic E-state index is 0.0619. The molecule has 2 nitrogen and oxygen atoms in total. The number of hydrogen-bond donors (Lipinski definition) is 1. The fourth-order valence-corrected chi connectivity index (χ4v) is 3.84. The van der Waals surface area contributed by atoms with Crippen molar-refractivity contribution in [2.45, 2.75) is 19.5 Å². The van der Waals surface area contributed by atoms with Crippen molar-refractivity contribution < 1.29 is 5.11 Å². The molecule has 1 saturated heterocycles. The van der Waals surface area contributed by atoms with E-state index in [9.17, 15) is 0 Å². The molecule has 0 bridgehead atoms. The summed E-state index contributed by atoms with van der Waals surface area (Å²) < 4.78 is 0. The largest absolute Gasteiger partial charge is 0.384 e. The highest BCUT2D eigenvalue weighted by Crippen LogP contribution is 2.22. The van der Waals surface area contributed by atoms with E-state index in [0.717, 1.165) is 11.4 Å². The van der Waals surface area contributed by atoms with E-state index in [1.165, 1.54) is 22.9 Å². The fourth-order valence-electron chi connectivity index (χ4n) is 1.85. The average molecular weight is 267 g/mol. The predicted octanol–water partition coefficient (Wildman–Crippen LogP) is 2.03. The van der Waals surface area contributed by atoms with Crippen LogP contribution in [-0.4, -0.2) is 40.7 Å². The molecule has 0 spiro atoms. The summed E-state index contributed by atoms with van der Waals surface area (Å²) in [6.07, 6.45) is 0. The first-order valence-corrected chi connectivity index (χ1v) is 7.77. The van der Waals surface area contributed by atoms with Gasteiger partial charge in [0.25, 0.3) is 0 Å². The number of aliphatic hydroxyl groups excluding tert-OH is 1. The van der Waals surface area contributed by atoms with Crippen molar-refractivity contribution in [3.05, 3.63) is 21.9 Å². The molecule has 1 aromatic heterocycles. The van der Waals surface area contributed by atoms with Gasteiger partial charge in [-0.1, -0.05) is 11.8 Å². The maximum absolute atomic E-state index is 8.65. The number of rotatable bonds is 2. The molecular weight excluding hydrogens is 250 g/mol. The van der Waals surface area contributed by atoms with E-state index in [0.29, 0.717) is 6.04 Å². The lowest BCUT2D eigenvalue weighted by molar-refractivity contribution is 0.226. The second kappa shape index (κ2) is 6.46. The number of hydrogen-bond acceptors (Lipinski definition) is 4. The first-order valence-electron chi connectivity index (χ1n) is 5.80. The summed E-state index contributed by atoms with van der Waals surface area (Å²) >= 11 is 3.78. The van der Waals surface area contributed by atoms with Gasteiger partial charge in [-0.2, -0.15) is 11.8 Å². The van der Waals surface area contributed by atoms with E-state index >= 15 is 0 Å². The highest BCUT2D eigenvalue weighted by atomic mass is 32.2. The molecule has 0 radical (unpaired) electrons. The van der Waals surface area contributed by atoms with E-state index in [-0.39, 0.29) is 6.61 Å². The van der Waals surface area contributed by atoms with Gasteiger partial charge in [0, 0.05) is 35.5 Å². The van der Waals surface area contributed by atoms with Gasteiger partial charge in [0.15, 0.2) is 0 Å². The molecule has 1 aromatic rings. The lowest BCUT2D eigenvalue weighted by Gasteiger charge is -2.32. The third-order valence-corrected chi connectivity index (χ3v) is 4.99. The maximum Gasteiger partial charge on any atom is 0.104 e. The highest BCUT2D eigenvalue weighted by molar-refractivity contribution is 7.99. The van der Waals surface area contributed by atoms with E-state index in [1.54, 1.807) is 11.3 Å². The van der Waals surface area contributed by atoms with Gasteiger partial charge < -0.3 is 5.11 Å². The Hall–Kier alpha value is -0.470. The van der Waals surface area contributed by atoms with Gasteiger partial charge >= 0.3 is 0 Å². The zero-order valence-corrected chi connectivity index (χ0v) is 11.6. The van der Waals surface area contributed by atoms with Crippen LogP contribution in [0.1, 0.15) is 16.7 Å². The summed E-state index contributed by atoms with van der Waals surface area (Å²) in [7, 11) is 0. The Morgan fingerprint density at radius 1 is 1.53 bits per heavy atom. The second-order valence-corrected chi connectivity index (χ2v) is 6.44. The second-order valence-electron chi connectivity index (χ2n) is 4.12. The number of nitrogens with zero attached hydrogens (tertiary/aromatic N) is 1. The van der Waals surface area contributed by atoms with Gasteiger partial charge in [-0.25, -0.2) is 0 Å². The minimum Gasteiger partial charge on any atom is -0.384 e. The van der Waals surface area contributed by atoms with Gasteiger partial charge in [0.2, 0.25) is 0 Å². The van der Waals surface area contributed by atoms with Crippen molar-refractivity contribution in [2.24, 2.45) is 0 Å². The molecule has 1 unspecified atom stereocenters. The molecule has 92 valence electrons. The first kappa shape index (κ1) is 13.0. The summed E-state index contributed by atoms with van der Waals surface area (Å²) in [5.41, 5.74) is 0. The van der Waals surface area contributed by atoms with Crippen LogP contribution in [0.15, 0.2) is 12.1 Å². The molecule has 1 aliphatic heterocycles. The Kier molecular flexibility index (Phi) is 4.93. The first-order chi connectivity index (χ1) is 8.29. The number of aliphatic hydroxyl groups is 1. The molecule has 1 aliphatic rings. The molecule has 0 aliphatic carbocycles. The molecule has 1 atom stereocenters. The molecule has 0 saturated carbocycles. The Bertz CT molecular complexity index is 419. The Morgan fingerprint density at radius 3 is 3.18 bits per heavy atom. The van der Waals surface area contributed by atoms with Crippen LogP contribution >= 0.6 is 23.1 Å². The summed E-state index contributed by atoms with van der Waals surface area (Å²) in [6.45, 7) is 4.45. The average Bonchev–Trinajstić information content (AvgIpc) is 2.77. The quantitative estimate of drug-likeness (QED) is 0.830.